The fraction of sp³-hybridized carbons (Fsp3) is 0.136. The first-order valence-corrected chi connectivity index (χ1v) is 9.65. The zero-order valence-electron chi connectivity index (χ0n) is 14.6. The van der Waals surface area contributed by atoms with Gasteiger partial charge in [0.1, 0.15) is 12.1 Å². The van der Waals surface area contributed by atoms with Gasteiger partial charge in [-0.25, -0.2) is 0 Å². The molecule has 0 fully saturated rings. The lowest BCUT2D eigenvalue weighted by molar-refractivity contribution is -0.703. The zero-order chi connectivity index (χ0) is 17.9. The van der Waals surface area contributed by atoms with Gasteiger partial charge in [0.25, 0.3) is 0 Å². The molecule has 0 aliphatic carbocycles. The van der Waals surface area contributed by atoms with Gasteiger partial charge in [-0.3, -0.25) is 4.79 Å². The molecule has 2 aromatic carbocycles. The van der Waals surface area contributed by atoms with Gasteiger partial charge in [-0.2, -0.15) is 0 Å². The van der Waals surface area contributed by atoms with Crippen LogP contribution in [0.15, 0.2) is 78.3 Å². The summed E-state index contributed by atoms with van der Waals surface area (Å²) in [5, 5.41) is 5.25. The van der Waals surface area contributed by atoms with Crippen LogP contribution in [0.1, 0.15) is 33.8 Å². The predicted octanol–water partition coefficient (Wildman–Crippen LogP) is 4.15. The Morgan fingerprint density at radius 2 is 1.77 bits per heavy atom. The maximum atomic E-state index is 13.1. The van der Waals surface area contributed by atoms with E-state index >= 15 is 0 Å². The molecule has 0 radical (unpaired) electrons. The van der Waals surface area contributed by atoms with Crippen molar-refractivity contribution >= 4 is 28.0 Å². The maximum absolute atomic E-state index is 13.1. The molecule has 0 saturated carbocycles. The average molecular weight is 361 g/mol. The largest absolute Gasteiger partial charge is 0.360 e. The van der Waals surface area contributed by atoms with Gasteiger partial charge < -0.3 is 10.3 Å². The smallest absolute Gasteiger partial charge is 0.221 e. The normalized spacial score (nSPS) is 13.6. The van der Waals surface area contributed by atoms with Crippen molar-refractivity contribution in [2.24, 2.45) is 0 Å². The molecule has 0 bridgehead atoms. The predicted molar refractivity (Wildman–Crippen MR) is 107 cm³/mol. The van der Waals surface area contributed by atoms with E-state index in [1.54, 1.807) is 11.3 Å². The Hall–Kier alpha value is -2.69. The van der Waals surface area contributed by atoms with Gasteiger partial charge >= 0.3 is 0 Å². The summed E-state index contributed by atoms with van der Waals surface area (Å²) in [6.45, 7) is 1.99. The minimum absolute atomic E-state index is 0.125. The monoisotopic (exact) mass is 361 g/mol. The van der Waals surface area contributed by atoms with Crippen LogP contribution in [0.5, 0.6) is 0 Å². The summed E-state index contributed by atoms with van der Waals surface area (Å²) in [5.41, 5.74) is 2.98. The SMILES string of the molecule is C[C@H]([NH2+][C@H](c1ccccc1)c1cccs1)C(=O)c1c[nH]c2ccccc12. The molecular formula is C22H21N2OS+. The van der Waals surface area contributed by atoms with Crippen molar-refractivity contribution in [3.05, 3.63) is 94.3 Å². The molecule has 3 N–H and O–H groups in total. The second-order valence-corrected chi connectivity index (χ2v) is 7.48. The number of benzene rings is 2. The molecule has 4 aromatic rings. The number of aromatic nitrogens is 1. The van der Waals surface area contributed by atoms with Crippen LogP contribution in [0.3, 0.4) is 0 Å². The number of quaternary nitrogens is 1. The van der Waals surface area contributed by atoms with Crippen molar-refractivity contribution in [3.63, 3.8) is 0 Å². The minimum Gasteiger partial charge on any atom is -0.360 e. The molecule has 2 aromatic heterocycles. The third-order valence-corrected chi connectivity index (χ3v) is 5.71. The topological polar surface area (TPSA) is 49.5 Å². The number of thiophene rings is 1. The summed E-state index contributed by atoms with van der Waals surface area (Å²) in [4.78, 5) is 17.6. The molecule has 0 unspecified atom stereocenters. The lowest BCUT2D eigenvalue weighted by Crippen LogP contribution is -2.92. The molecule has 0 aliphatic rings. The third-order valence-electron chi connectivity index (χ3n) is 4.76. The Labute approximate surface area is 156 Å². The van der Waals surface area contributed by atoms with Crippen molar-refractivity contribution in [2.45, 2.75) is 19.0 Å². The number of Topliss-reactive ketones (excluding diaryl/α,β-unsaturated/α-hetero) is 1. The molecule has 0 saturated heterocycles. The fourth-order valence-corrected chi connectivity index (χ4v) is 4.23. The minimum atomic E-state index is -0.179. The number of carbonyl (C=O) groups excluding carboxylic acids is 1. The third kappa shape index (κ3) is 3.21. The number of carbonyl (C=O) groups is 1. The second kappa shape index (κ2) is 7.28. The number of aromatic amines is 1. The Morgan fingerprint density at radius 3 is 2.54 bits per heavy atom. The Bertz CT molecular complexity index is 1010. The van der Waals surface area contributed by atoms with Crippen LogP contribution in [0.25, 0.3) is 10.9 Å². The Kier molecular flexibility index (Phi) is 4.69. The molecule has 2 heterocycles. The molecule has 4 heteroatoms. The summed E-state index contributed by atoms with van der Waals surface area (Å²) in [6, 6.07) is 22.5. The van der Waals surface area contributed by atoms with Crippen LogP contribution in [-0.4, -0.2) is 16.8 Å². The molecular weight excluding hydrogens is 340 g/mol. The molecule has 2 atom stereocenters. The highest BCUT2D eigenvalue weighted by Gasteiger charge is 2.27. The quantitative estimate of drug-likeness (QED) is 0.498. The van der Waals surface area contributed by atoms with Gasteiger partial charge in [-0.1, -0.05) is 54.6 Å². The summed E-state index contributed by atoms with van der Waals surface area (Å²) < 4.78 is 0. The number of nitrogens with one attached hydrogen (secondary N) is 1. The number of fused-ring (bicyclic) bond motifs is 1. The van der Waals surface area contributed by atoms with Crippen LogP contribution >= 0.6 is 11.3 Å². The molecule has 3 nitrogen and oxygen atoms in total. The van der Waals surface area contributed by atoms with E-state index in [9.17, 15) is 4.79 Å². The fourth-order valence-electron chi connectivity index (χ4n) is 3.40. The first-order chi connectivity index (χ1) is 12.7. The van der Waals surface area contributed by atoms with Crippen LogP contribution in [0.4, 0.5) is 0 Å². The Balaban J connectivity index is 1.62. The summed E-state index contributed by atoms with van der Waals surface area (Å²) >= 11 is 1.73. The van der Waals surface area contributed by atoms with E-state index in [1.807, 2.05) is 43.5 Å². The summed E-state index contributed by atoms with van der Waals surface area (Å²) in [7, 11) is 0. The molecule has 4 rings (SSSR count). The zero-order valence-corrected chi connectivity index (χ0v) is 15.4. The lowest BCUT2D eigenvalue weighted by atomic mass is 10.0. The molecule has 0 amide bonds. The average Bonchev–Trinajstić information content (AvgIpc) is 3.36. The summed E-state index contributed by atoms with van der Waals surface area (Å²) in [5.74, 6) is 0.153. The van der Waals surface area contributed by atoms with Gasteiger partial charge in [0.2, 0.25) is 5.78 Å². The molecule has 130 valence electrons. The number of rotatable bonds is 6. The number of H-pyrrole nitrogens is 1. The van der Waals surface area contributed by atoms with Crippen molar-refractivity contribution in [1.29, 1.82) is 0 Å². The number of para-hydroxylation sites is 1. The van der Waals surface area contributed by atoms with Crippen molar-refractivity contribution in [2.75, 3.05) is 0 Å². The van der Waals surface area contributed by atoms with Gasteiger partial charge in [0, 0.05) is 28.2 Å². The number of hydrogen-bond donors (Lipinski definition) is 2. The van der Waals surface area contributed by atoms with Crippen molar-refractivity contribution in [1.82, 2.24) is 4.98 Å². The van der Waals surface area contributed by atoms with Crippen molar-refractivity contribution in [3.8, 4) is 0 Å². The first kappa shape index (κ1) is 16.8. The van der Waals surface area contributed by atoms with E-state index in [0.717, 1.165) is 16.5 Å². The van der Waals surface area contributed by atoms with E-state index in [2.05, 4.69) is 52.1 Å². The van der Waals surface area contributed by atoms with E-state index in [-0.39, 0.29) is 17.9 Å². The standard InChI is InChI=1S/C22H20N2OS/c1-15(22(25)18-14-23-19-11-6-5-10-17(18)19)24-21(20-12-7-13-26-20)16-8-3-2-4-9-16/h2-15,21,23-24H,1H3/p+1/t15-,21+/m0/s1. The molecule has 0 spiro atoms. The lowest BCUT2D eigenvalue weighted by Gasteiger charge is -2.19. The van der Waals surface area contributed by atoms with Crippen LogP contribution in [-0.2, 0) is 0 Å². The van der Waals surface area contributed by atoms with Crippen molar-refractivity contribution < 1.29 is 10.1 Å². The number of ketones is 1. The second-order valence-electron chi connectivity index (χ2n) is 6.50. The van der Waals surface area contributed by atoms with Gasteiger partial charge in [-0.15, -0.1) is 11.3 Å². The number of nitrogens with two attached hydrogens (primary N) is 1. The van der Waals surface area contributed by atoms with Crippen LogP contribution in [0.2, 0.25) is 0 Å². The van der Waals surface area contributed by atoms with E-state index in [4.69, 9.17) is 0 Å². The van der Waals surface area contributed by atoms with Crippen LogP contribution < -0.4 is 5.32 Å². The van der Waals surface area contributed by atoms with Crippen LogP contribution in [0, 0.1) is 0 Å². The Morgan fingerprint density at radius 1 is 1.00 bits per heavy atom. The van der Waals surface area contributed by atoms with Gasteiger partial charge in [0.15, 0.2) is 0 Å². The van der Waals surface area contributed by atoms with E-state index < -0.39 is 0 Å². The highest BCUT2D eigenvalue weighted by atomic mass is 32.1. The highest BCUT2D eigenvalue weighted by Crippen LogP contribution is 2.23. The summed E-state index contributed by atoms with van der Waals surface area (Å²) in [6.07, 6.45) is 1.83. The molecule has 0 aliphatic heterocycles. The van der Waals surface area contributed by atoms with E-state index in [1.165, 1.54) is 10.4 Å². The van der Waals surface area contributed by atoms with Gasteiger partial charge in [0.05, 0.1) is 4.88 Å². The molecule has 26 heavy (non-hydrogen) atoms. The first-order valence-electron chi connectivity index (χ1n) is 8.77. The highest BCUT2D eigenvalue weighted by molar-refractivity contribution is 7.10. The number of hydrogen-bond acceptors (Lipinski definition) is 2. The van der Waals surface area contributed by atoms with E-state index in [0.29, 0.717) is 0 Å². The maximum Gasteiger partial charge on any atom is 0.221 e. The van der Waals surface area contributed by atoms with Gasteiger partial charge in [-0.05, 0) is 24.4 Å².